The third kappa shape index (κ3) is 2.06. The number of hydrogen-bond acceptors (Lipinski definition) is 4. The Bertz CT molecular complexity index is 694. The summed E-state index contributed by atoms with van der Waals surface area (Å²) in [4.78, 5) is 7.96. The number of morpholine rings is 1. The quantitative estimate of drug-likeness (QED) is 0.853. The van der Waals surface area contributed by atoms with Gasteiger partial charge in [0.2, 0.25) is 0 Å². The first-order valence-corrected chi connectivity index (χ1v) is 9.84. The van der Waals surface area contributed by atoms with E-state index < -0.39 is 0 Å². The summed E-state index contributed by atoms with van der Waals surface area (Å²) < 4.78 is 5.53. The van der Waals surface area contributed by atoms with Crippen LogP contribution in [0.15, 0.2) is 29.3 Å². The number of fused-ring (bicyclic) bond motifs is 3. The normalized spacial score (nSPS) is 40.0. The number of amidine groups is 1. The molecule has 0 amide bonds. The van der Waals surface area contributed by atoms with Crippen molar-refractivity contribution in [3.05, 3.63) is 29.8 Å². The molecule has 25 heavy (non-hydrogen) atoms. The van der Waals surface area contributed by atoms with E-state index in [0.717, 1.165) is 44.6 Å². The Kier molecular flexibility index (Phi) is 3.43. The highest BCUT2D eigenvalue weighted by molar-refractivity contribution is 5.85. The maximum atomic E-state index is 9.74. The van der Waals surface area contributed by atoms with Crippen molar-refractivity contribution in [2.45, 2.75) is 50.0 Å². The van der Waals surface area contributed by atoms with E-state index in [9.17, 15) is 5.11 Å². The Hall–Kier alpha value is -1.55. The topological polar surface area (TPSA) is 45.1 Å². The van der Waals surface area contributed by atoms with Crippen molar-refractivity contribution in [1.29, 1.82) is 0 Å². The Morgan fingerprint density at radius 3 is 2.60 bits per heavy atom. The van der Waals surface area contributed by atoms with Gasteiger partial charge in [-0.05, 0) is 55.2 Å². The van der Waals surface area contributed by atoms with Crippen LogP contribution < -0.4 is 0 Å². The first-order valence-electron chi connectivity index (χ1n) is 9.84. The Labute approximate surface area is 149 Å². The SMILES string of the molecule is CC1(c2ccc(O)cc2)C2CCC(C2)C12CCC(N1CCOCC1)=N2. The summed E-state index contributed by atoms with van der Waals surface area (Å²) in [5.74, 6) is 3.11. The van der Waals surface area contributed by atoms with E-state index in [1.165, 1.54) is 37.1 Å². The average molecular weight is 340 g/mol. The molecule has 134 valence electrons. The first kappa shape index (κ1) is 15.7. The summed E-state index contributed by atoms with van der Waals surface area (Å²) in [5, 5.41) is 9.74. The number of phenols is 1. The van der Waals surface area contributed by atoms with Crippen LogP contribution in [0, 0.1) is 11.8 Å². The smallest absolute Gasteiger partial charge is 0.115 e. The van der Waals surface area contributed by atoms with Crippen LogP contribution in [0.4, 0.5) is 0 Å². The highest BCUT2D eigenvalue weighted by Gasteiger charge is 2.67. The molecule has 4 nitrogen and oxygen atoms in total. The lowest BCUT2D eigenvalue weighted by Crippen LogP contribution is -2.51. The van der Waals surface area contributed by atoms with Gasteiger partial charge in [-0.1, -0.05) is 19.1 Å². The third-order valence-corrected chi connectivity index (χ3v) is 7.73. The van der Waals surface area contributed by atoms with Crippen molar-refractivity contribution < 1.29 is 9.84 Å². The number of nitrogens with zero attached hydrogens (tertiary/aromatic N) is 2. The molecule has 4 unspecified atom stereocenters. The van der Waals surface area contributed by atoms with E-state index in [1.807, 2.05) is 12.1 Å². The molecule has 4 aliphatic rings. The molecule has 1 N–H and O–H groups in total. The number of aliphatic imine (C=N–C) groups is 1. The number of ether oxygens (including phenoxy) is 1. The van der Waals surface area contributed by atoms with Gasteiger partial charge < -0.3 is 14.7 Å². The molecule has 4 heteroatoms. The minimum Gasteiger partial charge on any atom is -0.508 e. The summed E-state index contributed by atoms with van der Waals surface area (Å²) in [7, 11) is 0. The summed E-state index contributed by atoms with van der Waals surface area (Å²) in [6.07, 6.45) is 6.26. The highest BCUT2D eigenvalue weighted by Crippen LogP contribution is 2.66. The van der Waals surface area contributed by atoms with Crippen molar-refractivity contribution >= 4 is 5.84 Å². The van der Waals surface area contributed by atoms with E-state index in [2.05, 4.69) is 24.0 Å². The molecule has 2 aliphatic carbocycles. The molecule has 1 spiro atoms. The van der Waals surface area contributed by atoms with Gasteiger partial charge in [0.1, 0.15) is 5.75 Å². The van der Waals surface area contributed by atoms with Crippen molar-refractivity contribution in [3.63, 3.8) is 0 Å². The van der Waals surface area contributed by atoms with Gasteiger partial charge in [-0.2, -0.15) is 0 Å². The van der Waals surface area contributed by atoms with E-state index in [4.69, 9.17) is 9.73 Å². The fraction of sp³-hybridized carbons (Fsp3) is 0.667. The number of hydrogen-bond donors (Lipinski definition) is 1. The lowest BCUT2D eigenvalue weighted by molar-refractivity contribution is 0.0673. The Balaban J connectivity index is 1.56. The highest BCUT2D eigenvalue weighted by atomic mass is 16.5. The second-order valence-electron chi connectivity index (χ2n) is 8.51. The molecule has 4 atom stereocenters. The molecule has 2 aliphatic heterocycles. The number of rotatable bonds is 1. The van der Waals surface area contributed by atoms with Crippen LogP contribution >= 0.6 is 0 Å². The van der Waals surface area contributed by atoms with Crippen LogP contribution in [0.1, 0.15) is 44.6 Å². The van der Waals surface area contributed by atoms with E-state index in [1.54, 1.807) is 0 Å². The molecule has 1 aromatic carbocycles. The number of benzene rings is 1. The number of phenolic OH excluding ortho intramolecular Hbond substituents is 1. The van der Waals surface area contributed by atoms with Crippen LogP contribution in [-0.2, 0) is 10.2 Å². The van der Waals surface area contributed by atoms with Gasteiger partial charge in [-0.15, -0.1) is 0 Å². The molecule has 3 fully saturated rings. The maximum absolute atomic E-state index is 9.74. The molecule has 1 aromatic rings. The van der Waals surface area contributed by atoms with Crippen molar-refractivity contribution in [2.75, 3.05) is 26.3 Å². The molecule has 1 saturated heterocycles. The maximum Gasteiger partial charge on any atom is 0.115 e. The summed E-state index contributed by atoms with van der Waals surface area (Å²) >= 11 is 0. The van der Waals surface area contributed by atoms with Gasteiger partial charge in [-0.3, -0.25) is 4.99 Å². The molecular formula is C21H28N2O2. The molecule has 2 saturated carbocycles. The lowest BCUT2D eigenvalue weighted by Gasteiger charge is -2.48. The molecule has 0 radical (unpaired) electrons. The van der Waals surface area contributed by atoms with Gasteiger partial charge in [0.25, 0.3) is 0 Å². The van der Waals surface area contributed by atoms with Crippen LogP contribution in [0.5, 0.6) is 5.75 Å². The molecule has 2 bridgehead atoms. The molecule has 0 aromatic heterocycles. The van der Waals surface area contributed by atoms with E-state index in [-0.39, 0.29) is 11.0 Å². The summed E-state index contributed by atoms with van der Waals surface area (Å²) in [5.41, 5.74) is 1.52. The zero-order valence-electron chi connectivity index (χ0n) is 15.1. The van der Waals surface area contributed by atoms with Crippen molar-refractivity contribution in [3.8, 4) is 5.75 Å². The van der Waals surface area contributed by atoms with Crippen molar-refractivity contribution in [1.82, 2.24) is 4.90 Å². The lowest BCUT2D eigenvalue weighted by atomic mass is 9.58. The largest absolute Gasteiger partial charge is 0.508 e. The van der Waals surface area contributed by atoms with Gasteiger partial charge in [0.15, 0.2) is 0 Å². The fourth-order valence-electron chi connectivity index (χ4n) is 6.38. The van der Waals surface area contributed by atoms with Gasteiger partial charge >= 0.3 is 0 Å². The zero-order chi connectivity index (χ0) is 17.1. The first-order chi connectivity index (χ1) is 12.1. The summed E-state index contributed by atoms with van der Waals surface area (Å²) in [6, 6.07) is 7.98. The average Bonchev–Trinajstić information content (AvgIpc) is 3.35. The van der Waals surface area contributed by atoms with Crippen molar-refractivity contribution in [2.24, 2.45) is 16.8 Å². The van der Waals surface area contributed by atoms with Gasteiger partial charge in [-0.25, -0.2) is 0 Å². The van der Waals surface area contributed by atoms with Gasteiger partial charge in [0.05, 0.1) is 24.6 Å². The van der Waals surface area contributed by atoms with Crippen LogP contribution in [0.3, 0.4) is 0 Å². The van der Waals surface area contributed by atoms with Crippen LogP contribution in [0.2, 0.25) is 0 Å². The van der Waals surface area contributed by atoms with E-state index in [0.29, 0.717) is 5.75 Å². The predicted octanol–water partition coefficient (Wildman–Crippen LogP) is 3.34. The summed E-state index contributed by atoms with van der Waals surface area (Å²) in [6.45, 7) is 6.08. The minimum absolute atomic E-state index is 0.0561. The van der Waals surface area contributed by atoms with Gasteiger partial charge in [0, 0.05) is 24.9 Å². The van der Waals surface area contributed by atoms with E-state index >= 15 is 0 Å². The predicted molar refractivity (Wildman–Crippen MR) is 98.1 cm³/mol. The minimum atomic E-state index is 0.0561. The van der Waals surface area contributed by atoms with Crippen LogP contribution in [-0.4, -0.2) is 47.7 Å². The second kappa shape index (κ2) is 5.47. The fourth-order valence-corrected chi connectivity index (χ4v) is 6.38. The third-order valence-electron chi connectivity index (χ3n) is 7.73. The standard InChI is InChI=1S/C21H28N2O2/c1-20(15-4-6-18(24)7-5-15)16-2-3-17(14-16)21(20)9-8-19(22-21)23-10-12-25-13-11-23/h4-7,16-17,24H,2-3,8-14H2,1H3. The molecular weight excluding hydrogens is 312 g/mol. The number of aromatic hydroxyl groups is 1. The Morgan fingerprint density at radius 2 is 1.84 bits per heavy atom. The second-order valence-corrected chi connectivity index (χ2v) is 8.51. The molecule has 5 rings (SSSR count). The zero-order valence-corrected chi connectivity index (χ0v) is 15.1. The monoisotopic (exact) mass is 340 g/mol. The Morgan fingerprint density at radius 1 is 1.12 bits per heavy atom. The van der Waals surface area contributed by atoms with Crippen LogP contribution in [0.25, 0.3) is 0 Å². The molecule has 2 heterocycles.